The van der Waals surface area contributed by atoms with Crippen LogP contribution in [-0.4, -0.2) is 22.4 Å². The number of rotatable bonds is 3. The summed E-state index contributed by atoms with van der Waals surface area (Å²) in [6, 6.07) is 8.53. The van der Waals surface area contributed by atoms with Gasteiger partial charge >= 0.3 is 6.03 Å². The van der Waals surface area contributed by atoms with Gasteiger partial charge in [-0.2, -0.15) is 0 Å². The predicted molar refractivity (Wildman–Crippen MR) is 119 cm³/mol. The Labute approximate surface area is 184 Å². The fourth-order valence-corrected chi connectivity index (χ4v) is 4.75. The average molecular weight is 470 g/mol. The van der Waals surface area contributed by atoms with E-state index in [0.717, 1.165) is 39.2 Å². The molecule has 0 atom stereocenters. The molecule has 0 unspecified atom stereocenters. The summed E-state index contributed by atoms with van der Waals surface area (Å²) in [5, 5.41) is 2.29. The molecule has 0 bridgehead atoms. The number of aryl methyl sites for hydroxylation is 1. The van der Waals surface area contributed by atoms with E-state index in [2.05, 4.69) is 32.7 Å². The molecule has 1 saturated heterocycles. The van der Waals surface area contributed by atoms with Crippen molar-refractivity contribution in [2.45, 2.75) is 52.0 Å². The third-order valence-corrected chi connectivity index (χ3v) is 6.48. The summed E-state index contributed by atoms with van der Waals surface area (Å²) in [7, 11) is 0. The minimum Gasteiger partial charge on any atom is -0.346 e. The number of benzene rings is 1. The highest BCUT2D eigenvalue weighted by atomic mass is 79.9. The highest BCUT2D eigenvalue weighted by Crippen LogP contribution is 2.33. The van der Waals surface area contributed by atoms with Crippen LogP contribution in [0.5, 0.6) is 0 Å². The molecule has 1 aliphatic carbocycles. The second-order valence-corrected chi connectivity index (χ2v) is 8.84. The van der Waals surface area contributed by atoms with Gasteiger partial charge in [-0.1, -0.05) is 35.2 Å². The Kier molecular flexibility index (Phi) is 5.64. The van der Waals surface area contributed by atoms with E-state index >= 15 is 0 Å². The standard InChI is InChI=1S/C23H24BrN3O3/c1-14-12-16(15(2)26(14)18-6-4-3-5-7-18)13-20-21(28)25-23(30)27(22(20)29)19-10-8-17(24)9-11-19/h8-13,18H,3-7H2,1-2H3,(H,25,28,30). The van der Waals surface area contributed by atoms with Gasteiger partial charge in [-0.15, -0.1) is 0 Å². The van der Waals surface area contributed by atoms with Crippen LogP contribution in [0, 0.1) is 13.8 Å². The zero-order valence-electron chi connectivity index (χ0n) is 17.1. The van der Waals surface area contributed by atoms with Crippen LogP contribution in [0.1, 0.15) is 55.1 Å². The van der Waals surface area contributed by atoms with Gasteiger partial charge in [0.05, 0.1) is 5.69 Å². The minimum atomic E-state index is -0.739. The normalized spacial score (nSPS) is 19.5. The van der Waals surface area contributed by atoms with E-state index in [1.807, 2.05) is 13.0 Å². The van der Waals surface area contributed by atoms with Crippen LogP contribution in [0.15, 0.2) is 40.4 Å². The number of aromatic nitrogens is 1. The highest BCUT2D eigenvalue weighted by Gasteiger charge is 2.37. The van der Waals surface area contributed by atoms with Gasteiger partial charge in [0.2, 0.25) is 0 Å². The van der Waals surface area contributed by atoms with E-state index in [4.69, 9.17) is 0 Å². The fraction of sp³-hybridized carbons (Fsp3) is 0.348. The van der Waals surface area contributed by atoms with Crippen molar-refractivity contribution in [3.05, 3.63) is 57.3 Å². The first kappa shape index (κ1) is 20.6. The number of hydrogen-bond acceptors (Lipinski definition) is 3. The van der Waals surface area contributed by atoms with E-state index in [1.165, 1.54) is 19.3 Å². The average Bonchev–Trinajstić information content (AvgIpc) is 3.00. The van der Waals surface area contributed by atoms with Crippen LogP contribution >= 0.6 is 15.9 Å². The number of imide groups is 2. The van der Waals surface area contributed by atoms with Crippen molar-refractivity contribution in [3.8, 4) is 0 Å². The summed E-state index contributed by atoms with van der Waals surface area (Å²) in [5.74, 6) is -1.28. The maximum atomic E-state index is 13.1. The number of carbonyl (C=O) groups excluding carboxylic acids is 3. The first-order valence-corrected chi connectivity index (χ1v) is 11.0. The van der Waals surface area contributed by atoms with Crippen LogP contribution in [0.3, 0.4) is 0 Å². The first-order valence-electron chi connectivity index (χ1n) is 10.2. The van der Waals surface area contributed by atoms with Crippen molar-refractivity contribution < 1.29 is 14.4 Å². The number of carbonyl (C=O) groups is 3. The van der Waals surface area contributed by atoms with Crippen LogP contribution < -0.4 is 10.2 Å². The predicted octanol–water partition coefficient (Wildman–Crippen LogP) is 5.04. The van der Waals surface area contributed by atoms with Gasteiger partial charge in [-0.25, -0.2) is 9.69 Å². The topological polar surface area (TPSA) is 71.4 Å². The highest BCUT2D eigenvalue weighted by molar-refractivity contribution is 9.10. The molecule has 6 nitrogen and oxygen atoms in total. The number of anilines is 1. The number of amides is 4. The Morgan fingerprint density at radius 2 is 1.70 bits per heavy atom. The van der Waals surface area contributed by atoms with Gasteiger partial charge < -0.3 is 4.57 Å². The van der Waals surface area contributed by atoms with Gasteiger partial charge in [-0.05, 0) is 68.7 Å². The fourth-order valence-electron chi connectivity index (χ4n) is 4.49. The quantitative estimate of drug-likeness (QED) is 0.505. The zero-order valence-corrected chi connectivity index (χ0v) is 18.7. The maximum Gasteiger partial charge on any atom is 0.335 e. The van der Waals surface area contributed by atoms with Crippen molar-refractivity contribution in [3.63, 3.8) is 0 Å². The SMILES string of the molecule is Cc1cc(C=C2C(=O)NC(=O)N(c3ccc(Br)cc3)C2=O)c(C)n1C1CCCCC1. The minimum absolute atomic E-state index is 0.0404. The lowest BCUT2D eigenvalue weighted by Crippen LogP contribution is -2.54. The number of nitrogens with one attached hydrogen (secondary N) is 1. The summed E-state index contributed by atoms with van der Waals surface area (Å²) in [6.45, 7) is 4.08. The number of halogens is 1. The zero-order chi connectivity index (χ0) is 21.4. The van der Waals surface area contributed by atoms with Gasteiger partial charge in [-0.3, -0.25) is 14.9 Å². The number of urea groups is 1. The molecular weight excluding hydrogens is 446 g/mol. The molecule has 4 amide bonds. The van der Waals surface area contributed by atoms with Gasteiger partial charge in [0.25, 0.3) is 11.8 Å². The van der Waals surface area contributed by atoms with Gasteiger partial charge in [0.1, 0.15) is 5.57 Å². The Hall–Kier alpha value is -2.67. The van der Waals surface area contributed by atoms with E-state index in [9.17, 15) is 14.4 Å². The molecular formula is C23H24BrN3O3. The molecule has 2 aromatic rings. The molecule has 156 valence electrons. The van der Waals surface area contributed by atoms with E-state index in [0.29, 0.717) is 11.7 Å². The number of nitrogens with zero attached hydrogens (tertiary/aromatic N) is 2. The molecule has 2 fully saturated rings. The molecule has 7 heteroatoms. The molecule has 4 rings (SSSR count). The largest absolute Gasteiger partial charge is 0.346 e. The lowest BCUT2D eigenvalue weighted by atomic mass is 9.95. The van der Waals surface area contributed by atoms with Crippen molar-refractivity contribution >= 4 is 45.5 Å². The number of hydrogen-bond donors (Lipinski definition) is 1. The van der Waals surface area contributed by atoms with Gasteiger partial charge in [0, 0.05) is 21.9 Å². The van der Waals surface area contributed by atoms with E-state index < -0.39 is 17.8 Å². The lowest BCUT2D eigenvalue weighted by Gasteiger charge is -2.27. The maximum absolute atomic E-state index is 13.1. The third-order valence-electron chi connectivity index (χ3n) is 5.95. The molecule has 30 heavy (non-hydrogen) atoms. The molecule has 0 spiro atoms. The lowest BCUT2D eigenvalue weighted by molar-refractivity contribution is -0.122. The summed E-state index contributed by atoms with van der Waals surface area (Å²) < 4.78 is 3.16. The van der Waals surface area contributed by atoms with Crippen molar-refractivity contribution in [1.29, 1.82) is 0 Å². The van der Waals surface area contributed by atoms with Crippen LogP contribution in [0.4, 0.5) is 10.5 Å². The Morgan fingerprint density at radius 1 is 1.03 bits per heavy atom. The summed E-state index contributed by atoms with van der Waals surface area (Å²) in [5.41, 5.74) is 3.37. The Balaban J connectivity index is 1.70. The molecule has 1 aliphatic heterocycles. The van der Waals surface area contributed by atoms with Crippen LogP contribution in [-0.2, 0) is 9.59 Å². The molecule has 1 aromatic heterocycles. The molecule has 0 radical (unpaired) electrons. The van der Waals surface area contributed by atoms with E-state index in [-0.39, 0.29) is 5.57 Å². The second kappa shape index (κ2) is 8.22. The monoisotopic (exact) mass is 469 g/mol. The second-order valence-electron chi connectivity index (χ2n) is 7.92. The molecule has 1 aromatic carbocycles. The first-order chi connectivity index (χ1) is 14.4. The summed E-state index contributed by atoms with van der Waals surface area (Å²) >= 11 is 3.34. The third kappa shape index (κ3) is 3.74. The molecule has 2 heterocycles. The Bertz CT molecular complexity index is 1050. The van der Waals surface area contributed by atoms with Crippen molar-refractivity contribution in [2.24, 2.45) is 0 Å². The van der Waals surface area contributed by atoms with Crippen molar-refractivity contribution in [2.75, 3.05) is 4.90 Å². The Morgan fingerprint density at radius 3 is 2.37 bits per heavy atom. The van der Waals surface area contributed by atoms with Crippen molar-refractivity contribution in [1.82, 2.24) is 9.88 Å². The smallest absolute Gasteiger partial charge is 0.335 e. The molecule has 1 N–H and O–H groups in total. The molecule has 2 aliphatic rings. The number of barbiturate groups is 1. The molecule has 1 saturated carbocycles. The van der Waals surface area contributed by atoms with E-state index in [1.54, 1.807) is 30.3 Å². The summed E-state index contributed by atoms with van der Waals surface area (Å²) in [6.07, 6.45) is 7.64. The van der Waals surface area contributed by atoms with Gasteiger partial charge in [0.15, 0.2) is 0 Å². The summed E-state index contributed by atoms with van der Waals surface area (Å²) in [4.78, 5) is 39.0. The van der Waals surface area contributed by atoms with Crippen LogP contribution in [0.25, 0.3) is 6.08 Å². The van der Waals surface area contributed by atoms with Crippen LogP contribution in [0.2, 0.25) is 0 Å².